The molecule has 136 valence electrons. The van der Waals surface area contributed by atoms with E-state index in [2.05, 4.69) is 34.9 Å². The van der Waals surface area contributed by atoms with Gasteiger partial charge in [0.2, 0.25) is 5.91 Å². The Bertz CT molecular complexity index is 991. The summed E-state index contributed by atoms with van der Waals surface area (Å²) in [6.45, 7) is 1.98. The van der Waals surface area contributed by atoms with Gasteiger partial charge >= 0.3 is 0 Å². The highest BCUT2D eigenvalue weighted by molar-refractivity contribution is 5.97. The number of benzene rings is 3. The van der Waals surface area contributed by atoms with E-state index in [4.69, 9.17) is 0 Å². The molecule has 0 aliphatic heterocycles. The zero-order valence-corrected chi connectivity index (χ0v) is 15.2. The number of fused-ring (bicyclic) bond motifs is 1. The predicted octanol–water partition coefficient (Wildman–Crippen LogP) is 4.68. The van der Waals surface area contributed by atoms with Crippen molar-refractivity contribution >= 4 is 28.3 Å². The third-order valence-corrected chi connectivity index (χ3v) is 4.98. The van der Waals surface area contributed by atoms with Crippen molar-refractivity contribution in [3.8, 4) is 0 Å². The molecule has 2 amide bonds. The van der Waals surface area contributed by atoms with Crippen molar-refractivity contribution in [2.75, 3.05) is 5.32 Å². The van der Waals surface area contributed by atoms with Gasteiger partial charge in [-0.3, -0.25) is 9.59 Å². The van der Waals surface area contributed by atoms with Gasteiger partial charge in [-0.15, -0.1) is 0 Å². The van der Waals surface area contributed by atoms with Gasteiger partial charge in [0, 0.05) is 17.2 Å². The molecular formula is C23H22N2O2. The summed E-state index contributed by atoms with van der Waals surface area (Å²) in [5.41, 5.74) is 2.37. The summed E-state index contributed by atoms with van der Waals surface area (Å²) >= 11 is 0. The zero-order chi connectivity index (χ0) is 18.8. The number of hydrogen-bond acceptors (Lipinski definition) is 2. The minimum atomic E-state index is -0.129. The van der Waals surface area contributed by atoms with Crippen LogP contribution in [0.2, 0.25) is 0 Å². The van der Waals surface area contributed by atoms with Crippen LogP contribution in [0, 0.1) is 5.92 Å². The molecule has 3 aromatic carbocycles. The van der Waals surface area contributed by atoms with Gasteiger partial charge in [-0.25, -0.2) is 0 Å². The summed E-state index contributed by atoms with van der Waals surface area (Å²) in [4.78, 5) is 24.3. The van der Waals surface area contributed by atoms with Gasteiger partial charge in [-0.1, -0.05) is 36.4 Å². The minimum Gasteiger partial charge on any atom is -0.346 e. The van der Waals surface area contributed by atoms with E-state index in [0.29, 0.717) is 5.56 Å². The number of carbonyl (C=O) groups is 2. The van der Waals surface area contributed by atoms with E-state index in [1.165, 1.54) is 5.39 Å². The first-order chi connectivity index (χ1) is 13.1. The van der Waals surface area contributed by atoms with Gasteiger partial charge < -0.3 is 10.6 Å². The lowest BCUT2D eigenvalue weighted by Gasteiger charge is -2.15. The molecule has 3 aromatic rings. The predicted molar refractivity (Wildman–Crippen MR) is 108 cm³/mol. The summed E-state index contributed by atoms with van der Waals surface area (Å²) in [6.07, 6.45) is 1.94. The quantitative estimate of drug-likeness (QED) is 0.696. The summed E-state index contributed by atoms with van der Waals surface area (Å²) in [5.74, 6) is 0.101. The highest BCUT2D eigenvalue weighted by Crippen LogP contribution is 2.30. The lowest BCUT2D eigenvalue weighted by atomic mass is 10.0. The van der Waals surface area contributed by atoms with Crippen LogP contribution in [0.3, 0.4) is 0 Å². The zero-order valence-electron chi connectivity index (χ0n) is 15.2. The average molecular weight is 358 g/mol. The first-order valence-corrected chi connectivity index (χ1v) is 9.30. The monoisotopic (exact) mass is 358 g/mol. The average Bonchev–Trinajstić information content (AvgIpc) is 3.53. The second-order valence-electron chi connectivity index (χ2n) is 7.14. The number of carbonyl (C=O) groups excluding carboxylic acids is 2. The van der Waals surface area contributed by atoms with Crippen molar-refractivity contribution in [3.63, 3.8) is 0 Å². The smallest absolute Gasteiger partial charge is 0.251 e. The van der Waals surface area contributed by atoms with E-state index >= 15 is 0 Å². The standard InChI is InChI=1S/C23H22N2O2/c1-15(19-9-6-16-4-2-3-5-20(16)14-19)24-22(26)18-10-12-21(13-11-18)25-23(27)17-7-8-17/h2-6,9-15,17H,7-8H2,1H3,(H,24,26)(H,25,27). The molecule has 1 saturated carbocycles. The van der Waals surface area contributed by atoms with Crippen molar-refractivity contribution in [2.45, 2.75) is 25.8 Å². The molecule has 27 heavy (non-hydrogen) atoms. The molecule has 0 spiro atoms. The van der Waals surface area contributed by atoms with Gasteiger partial charge in [0.15, 0.2) is 0 Å². The summed E-state index contributed by atoms with van der Waals surface area (Å²) in [7, 11) is 0. The fourth-order valence-electron chi connectivity index (χ4n) is 3.14. The normalized spacial score (nSPS) is 14.6. The molecule has 1 aliphatic carbocycles. The van der Waals surface area contributed by atoms with Crippen molar-refractivity contribution in [1.82, 2.24) is 5.32 Å². The van der Waals surface area contributed by atoms with Crippen molar-refractivity contribution < 1.29 is 9.59 Å². The number of hydrogen-bond donors (Lipinski definition) is 2. The minimum absolute atomic E-state index is 0.0668. The van der Waals surface area contributed by atoms with E-state index in [9.17, 15) is 9.59 Å². The topological polar surface area (TPSA) is 58.2 Å². The van der Waals surface area contributed by atoms with E-state index < -0.39 is 0 Å². The van der Waals surface area contributed by atoms with Crippen LogP contribution < -0.4 is 10.6 Å². The van der Waals surface area contributed by atoms with E-state index in [1.807, 2.05) is 25.1 Å². The van der Waals surface area contributed by atoms with Gasteiger partial charge in [-0.05, 0) is 66.4 Å². The van der Waals surface area contributed by atoms with E-state index in [-0.39, 0.29) is 23.8 Å². The first-order valence-electron chi connectivity index (χ1n) is 9.30. The van der Waals surface area contributed by atoms with Crippen LogP contribution in [-0.4, -0.2) is 11.8 Å². The van der Waals surface area contributed by atoms with Crippen molar-refractivity contribution in [1.29, 1.82) is 0 Å². The van der Waals surface area contributed by atoms with Crippen LogP contribution in [0.5, 0.6) is 0 Å². The molecule has 1 aliphatic rings. The Kier molecular flexibility index (Phi) is 4.63. The van der Waals surface area contributed by atoms with Crippen LogP contribution >= 0.6 is 0 Å². The summed E-state index contributed by atoms with van der Waals surface area (Å²) < 4.78 is 0. The Hall–Kier alpha value is -3.14. The molecule has 4 heteroatoms. The SMILES string of the molecule is CC(NC(=O)c1ccc(NC(=O)C2CC2)cc1)c1ccc2ccccc2c1. The first kappa shape index (κ1) is 17.3. The van der Waals surface area contributed by atoms with Gasteiger partial charge in [0.25, 0.3) is 5.91 Å². The Morgan fingerprint density at radius 2 is 1.63 bits per heavy atom. The Morgan fingerprint density at radius 3 is 2.33 bits per heavy atom. The van der Waals surface area contributed by atoms with E-state index in [0.717, 1.165) is 29.5 Å². The van der Waals surface area contributed by atoms with E-state index in [1.54, 1.807) is 24.3 Å². The molecule has 1 fully saturated rings. The molecule has 0 aromatic heterocycles. The second kappa shape index (κ2) is 7.23. The Balaban J connectivity index is 1.41. The third kappa shape index (κ3) is 4.00. The Labute approximate surface area is 158 Å². The summed E-state index contributed by atoms with van der Waals surface area (Å²) in [6, 6.07) is 21.3. The molecule has 0 radical (unpaired) electrons. The maximum atomic E-state index is 12.5. The van der Waals surface area contributed by atoms with Crippen LogP contribution in [-0.2, 0) is 4.79 Å². The van der Waals surface area contributed by atoms with Crippen molar-refractivity contribution in [2.24, 2.45) is 5.92 Å². The lowest BCUT2D eigenvalue weighted by Crippen LogP contribution is -2.26. The molecule has 2 N–H and O–H groups in total. The molecule has 1 atom stereocenters. The largest absolute Gasteiger partial charge is 0.346 e. The maximum Gasteiger partial charge on any atom is 0.251 e. The fourth-order valence-corrected chi connectivity index (χ4v) is 3.14. The maximum absolute atomic E-state index is 12.5. The van der Waals surface area contributed by atoms with Crippen LogP contribution in [0.25, 0.3) is 10.8 Å². The summed E-state index contributed by atoms with van der Waals surface area (Å²) in [5, 5.41) is 8.27. The molecule has 1 unspecified atom stereocenters. The highest BCUT2D eigenvalue weighted by Gasteiger charge is 2.29. The van der Waals surface area contributed by atoms with Gasteiger partial charge in [0.05, 0.1) is 6.04 Å². The fraction of sp³-hybridized carbons (Fsp3) is 0.217. The molecule has 0 heterocycles. The highest BCUT2D eigenvalue weighted by atomic mass is 16.2. The molecular weight excluding hydrogens is 336 g/mol. The third-order valence-electron chi connectivity index (χ3n) is 4.98. The van der Waals surface area contributed by atoms with Crippen molar-refractivity contribution in [3.05, 3.63) is 77.9 Å². The number of rotatable bonds is 5. The molecule has 0 bridgehead atoms. The number of nitrogens with one attached hydrogen (secondary N) is 2. The van der Waals surface area contributed by atoms with Gasteiger partial charge in [0.1, 0.15) is 0 Å². The molecule has 0 saturated heterocycles. The number of amides is 2. The Morgan fingerprint density at radius 1 is 0.926 bits per heavy atom. The van der Waals surface area contributed by atoms with Crippen LogP contribution in [0.15, 0.2) is 66.7 Å². The number of anilines is 1. The molecule has 4 rings (SSSR count). The van der Waals surface area contributed by atoms with Crippen LogP contribution in [0.4, 0.5) is 5.69 Å². The second-order valence-corrected chi connectivity index (χ2v) is 7.14. The van der Waals surface area contributed by atoms with Gasteiger partial charge in [-0.2, -0.15) is 0 Å². The van der Waals surface area contributed by atoms with Crippen LogP contribution in [0.1, 0.15) is 41.7 Å². The molecule has 4 nitrogen and oxygen atoms in total. The lowest BCUT2D eigenvalue weighted by molar-refractivity contribution is -0.117.